The molecule has 3 aromatic rings. The number of nitrogens with zero attached hydrogens (tertiary/aromatic N) is 2. The molecule has 1 aromatic carbocycles. The summed E-state index contributed by atoms with van der Waals surface area (Å²) in [6, 6.07) is 9.85. The van der Waals surface area contributed by atoms with Gasteiger partial charge in [-0.2, -0.15) is 0 Å². The number of unbranched alkanes of at least 4 members (excludes halogenated alkanes) is 1. The average Bonchev–Trinajstić information content (AvgIpc) is 3.32. The van der Waals surface area contributed by atoms with E-state index < -0.39 is 17.9 Å². The number of carboxylic acid groups (broad SMARTS) is 1. The van der Waals surface area contributed by atoms with Gasteiger partial charge < -0.3 is 15.7 Å². The summed E-state index contributed by atoms with van der Waals surface area (Å²) >= 11 is 1.17. The van der Waals surface area contributed by atoms with Crippen molar-refractivity contribution in [1.29, 1.82) is 0 Å². The monoisotopic (exact) mass is 480 g/mol. The lowest BCUT2D eigenvalue weighted by atomic mass is 10.1. The predicted molar refractivity (Wildman–Crippen MR) is 132 cm³/mol. The Bertz CT molecular complexity index is 1140. The molecule has 0 aliphatic carbocycles. The highest BCUT2D eigenvalue weighted by atomic mass is 32.1. The highest BCUT2D eigenvalue weighted by Crippen LogP contribution is 2.27. The number of aryl methyl sites for hydroxylation is 1. The van der Waals surface area contributed by atoms with Crippen LogP contribution in [-0.4, -0.2) is 38.9 Å². The zero-order valence-electron chi connectivity index (χ0n) is 19.4. The molecule has 0 aliphatic heterocycles. The van der Waals surface area contributed by atoms with Crippen molar-refractivity contribution in [1.82, 2.24) is 15.3 Å². The van der Waals surface area contributed by atoms with E-state index in [1.165, 1.54) is 11.3 Å². The number of rotatable bonds is 10. The zero-order chi connectivity index (χ0) is 24.7. The lowest BCUT2D eigenvalue weighted by molar-refractivity contribution is -0.140. The number of thiazole rings is 1. The molecule has 0 fully saturated rings. The second-order valence-electron chi connectivity index (χ2n) is 8.25. The Kier molecular flexibility index (Phi) is 8.48. The maximum absolute atomic E-state index is 12.5. The van der Waals surface area contributed by atoms with Crippen molar-refractivity contribution < 1.29 is 19.5 Å². The Morgan fingerprint density at radius 2 is 1.74 bits per heavy atom. The Morgan fingerprint density at radius 1 is 1.00 bits per heavy atom. The number of aromatic nitrogens is 2. The van der Waals surface area contributed by atoms with Gasteiger partial charge in [-0.05, 0) is 48.1 Å². The first-order valence-corrected chi connectivity index (χ1v) is 12.0. The van der Waals surface area contributed by atoms with Crippen LogP contribution < -0.4 is 10.6 Å². The van der Waals surface area contributed by atoms with Crippen LogP contribution >= 0.6 is 11.3 Å². The van der Waals surface area contributed by atoms with Crippen molar-refractivity contribution >= 4 is 34.8 Å². The molecule has 2 amide bonds. The maximum atomic E-state index is 12.5. The average molecular weight is 481 g/mol. The quantitative estimate of drug-likeness (QED) is 0.389. The molecule has 34 heavy (non-hydrogen) atoms. The van der Waals surface area contributed by atoms with Crippen LogP contribution in [0.2, 0.25) is 0 Å². The van der Waals surface area contributed by atoms with Gasteiger partial charge in [-0.15, -0.1) is 11.3 Å². The third-order valence-corrected chi connectivity index (χ3v) is 6.27. The lowest BCUT2D eigenvalue weighted by Gasteiger charge is -2.16. The van der Waals surface area contributed by atoms with E-state index in [0.29, 0.717) is 11.4 Å². The van der Waals surface area contributed by atoms with E-state index in [0.717, 1.165) is 35.3 Å². The minimum absolute atomic E-state index is 0.188. The number of carbonyl (C=O) groups excluding carboxylic acids is 2. The van der Waals surface area contributed by atoms with Gasteiger partial charge in [0, 0.05) is 18.1 Å². The molecule has 0 aliphatic rings. The van der Waals surface area contributed by atoms with Gasteiger partial charge in [0.2, 0.25) is 0 Å². The van der Waals surface area contributed by atoms with Crippen molar-refractivity contribution in [3.8, 4) is 10.4 Å². The number of nitrogens with one attached hydrogen (secondary N) is 2. The minimum atomic E-state index is -1.08. The van der Waals surface area contributed by atoms with Crippen molar-refractivity contribution in [2.75, 3.05) is 5.32 Å². The van der Waals surface area contributed by atoms with Gasteiger partial charge in [0.15, 0.2) is 5.01 Å². The third kappa shape index (κ3) is 6.48. The number of benzene rings is 1. The van der Waals surface area contributed by atoms with Crippen LogP contribution in [0.4, 0.5) is 5.69 Å². The van der Waals surface area contributed by atoms with Crippen molar-refractivity contribution in [2.45, 2.75) is 46.1 Å². The van der Waals surface area contributed by atoms with Gasteiger partial charge >= 0.3 is 5.97 Å². The Morgan fingerprint density at radius 3 is 2.32 bits per heavy atom. The van der Waals surface area contributed by atoms with Crippen LogP contribution in [0.5, 0.6) is 0 Å². The molecule has 1 atom stereocenters. The molecule has 8 nitrogen and oxygen atoms in total. The number of carboxylic acids is 1. The summed E-state index contributed by atoms with van der Waals surface area (Å²) in [7, 11) is 0. The van der Waals surface area contributed by atoms with Crippen LogP contribution in [0.3, 0.4) is 0 Å². The molecule has 9 heteroatoms. The lowest BCUT2D eigenvalue weighted by Crippen LogP contribution is -2.44. The van der Waals surface area contributed by atoms with Crippen LogP contribution in [0.1, 0.15) is 59.5 Å². The summed E-state index contributed by atoms with van der Waals surface area (Å²) in [5.74, 6) is -2.14. The zero-order valence-corrected chi connectivity index (χ0v) is 20.2. The molecule has 0 bridgehead atoms. The number of pyridine rings is 1. The van der Waals surface area contributed by atoms with Crippen molar-refractivity contribution in [2.24, 2.45) is 5.92 Å². The normalized spacial score (nSPS) is 11.8. The second kappa shape index (κ2) is 11.5. The van der Waals surface area contributed by atoms with E-state index in [1.807, 2.05) is 18.2 Å². The van der Waals surface area contributed by atoms with Crippen molar-refractivity contribution in [3.05, 3.63) is 65.1 Å². The fourth-order valence-corrected chi connectivity index (χ4v) is 4.05. The highest BCUT2D eigenvalue weighted by Gasteiger charge is 2.25. The van der Waals surface area contributed by atoms with Gasteiger partial charge in [-0.25, -0.2) is 9.78 Å². The minimum Gasteiger partial charge on any atom is -0.480 e. The standard InChI is InChI=1S/C25H28N4O4S/c1-4-5-6-16-7-12-19(26-13-16)22(30)28-18-10-8-17(9-11-18)20-14-27-24(34-20)23(31)29-21(15(2)3)25(32)33/h7-15,21H,4-6H2,1-3H3,(H,28,30)(H,29,31)(H,32,33)/t21-/m0/s1. The fraction of sp³-hybridized carbons (Fsp3) is 0.320. The first-order chi connectivity index (χ1) is 16.3. The van der Waals surface area contributed by atoms with E-state index in [9.17, 15) is 19.5 Å². The Labute approximate surface area is 202 Å². The van der Waals surface area contributed by atoms with Gasteiger partial charge in [0.25, 0.3) is 11.8 Å². The number of hydrogen-bond donors (Lipinski definition) is 3. The number of anilines is 1. The first kappa shape index (κ1) is 25.0. The van der Waals surface area contributed by atoms with E-state index >= 15 is 0 Å². The van der Waals surface area contributed by atoms with E-state index in [4.69, 9.17) is 0 Å². The van der Waals surface area contributed by atoms with Crippen LogP contribution in [0.25, 0.3) is 10.4 Å². The summed E-state index contributed by atoms with van der Waals surface area (Å²) in [6.45, 7) is 5.59. The van der Waals surface area contributed by atoms with E-state index in [-0.39, 0.29) is 16.8 Å². The van der Waals surface area contributed by atoms with Gasteiger partial charge in [-0.1, -0.05) is 45.4 Å². The molecular weight excluding hydrogens is 452 g/mol. The molecule has 3 rings (SSSR count). The van der Waals surface area contributed by atoms with E-state index in [1.54, 1.807) is 44.4 Å². The topological polar surface area (TPSA) is 121 Å². The predicted octanol–water partition coefficient (Wildman–Crippen LogP) is 4.64. The van der Waals surface area contributed by atoms with Crippen LogP contribution in [-0.2, 0) is 11.2 Å². The van der Waals surface area contributed by atoms with Crippen molar-refractivity contribution in [3.63, 3.8) is 0 Å². The molecular formula is C25H28N4O4S. The van der Waals surface area contributed by atoms with Crippen LogP contribution in [0, 0.1) is 5.92 Å². The molecule has 2 aromatic heterocycles. The Hall–Kier alpha value is -3.59. The second-order valence-corrected chi connectivity index (χ2v) is 9.28. The molecule has 0 unspecified atom stereocenters. The summed E-state index contributed by atoms with van der Waals surface area (Å²) in [6.07, 6.45) is 6.46. The third-order valence-electron chi connectivity index (χ3n) is 5.22. The highest BCUT2D eigenvalue weighted by molar-refractivity contribution is 7.17. The van der Waals surface area contributed by atoms with Gasteiger partial charge in [0.1, 0.15) is 11.7 Å². The van der Waals surface area contributed by atoms with Gasteiger partial charge in [0.05, 0.1) is 4.88 Å². The summed E-state index contributed by atoms with van der Waals surface area (Å²) < 4.78 is 0. The summed E-state index contributed by atoms with van der Waals surface area (Å²) in [4.78, 5) is 45.4. The number of carbonyl (C=O) groups is 3. The largest absolute Gasteiger partial charge is 0.480 e. The maximum Gasteiger partial charge on any atom is 0.326 e. The molecule has 3 N–H and O–H groups in total. The molecule has 2 heterocycles. The van der Waals surface area contributed by atoms with Gasteiger partial charge in [-0.3, -0.25) is 14.6 Å². The number of amides is 2. The van der Waals surface area contributed by atoms with E-state index in [2.05, 4.69) is 27.5 Å². The SMILES string of the molecule is CCCCc1ccc(C(=O)Nc2ccc(-c3cnc(C(=O)N[C@H](C(=O)O)C(C)C)s3)cc2)nc1. The molecule has 178 valence electrons. The molecule has 0 saturated heterocycles. The number of aliphatic carboxylic acids is 1. The number of hydrogen-bond acceptors (Lipinski definition) is 6. The molecule has 0 saturated carbocycles. The smallest absolute Gasteiger partial charge is 0.326 e. The first-order valence-electron chi connectivity index (χ1n) is 11.1. The molecule has 0 radical (unpaired) electrons. The summed E-state index contributed by atoms with van der Waals surface area (Å²) in [5.41, 5.74) is 2.91. The Balaban J connectivity index is 1.62. The fourth-order valence-electron chi connectivity index (χ4n) is 3.23. The molecule has 0 spiro atoms. The summed E-state index contributed by atoms with van der Waals surface area (Å²) in [5, 5.41) is 14.8. The van der Waals surface area contributed by atoms with Crippen LogP contribution in [0.15, 0.2) is 48.8 Å².